The first kappa shape index (κ1) is 10.6. The highest BCUT2D eigenvalue weighted by atomic mass is 32.2. The van der Waals surface area contributed by atoms with Crippen LogP contribution in [0.2, 0.25) is 0 Å². The van der Waals surface area contributed by atoms with Gasteiger partial charge in [0.25, 0.3) is 0 Å². The molecule has 1 unspecified atom stereocenters. The second-order valence-electron chi connectivity index (χ2n) is 4.27. The molecule has 3 rings (SSSR count). The lowest BCUT2D eigenvalue weighted by atomic mass is 10.0. The number of hydrogen-bond donors (Lipinski definition) is 0. The quantitative estimate of drug-likeness (QED) is 0.748. The summed E-state index contributed by atoms with van der Waals surface area (Å²) in [5.74, 6) is 0.236. The van der Waals surface area contributed by atoms with Crippen LogP contribution in [-0.2, 0) is 0 Å². The molecule has 0 fully saturated rings. The Morgan fingerprint density at radius 3 is 2.59 bits per heavy atom. The van der Waals surface area contributed by atoms with E-state index in [-0.39, 0.29) is 11.0 Å². The van der Waals surface area contributed by atoms with Gasteiger partial charge in [-0.3, -0.25) is 4.79 Å². The molecule has 0 aromatic heterocycles. The van der Waals surface area contributed by atoms with E-state index in [2.05, 4.69) is 12.1 Å². The molecule has 2 aromatic carbocycles. The molecule has 1 aliphatic rings. The van der Waals surface area contributed by atoms with Gasteiger partial charge in [0, 0.05) is 10.5 Å². The van der Waals surface area contributed by atoms with E-state index in [0.717, 1.165) is 21.6 Å². The summed E-state index contributed by atoms with van der Waals surface area (Å²) in [6.45, 7) is 2.02. The van der Waals surface area contributed by atoms with Crippen molar-refractivity contribution >= 4 is 17.5 Å². The average molecular weight is 240 g/mol. The molecule has 1 nitrogen and oxygen atoms in total. The molecule has 17 heavy (non-hydrogen) atoms. The lowest BCUT2D eigenvalue weighted by molar-refractivity contribution is 0.0991. The van der Waals surface area contributed by atoms with Gasteiger partial charge in [0.1, 0.15) is 0 Å². The third kappa shape index (κ3) is 1.79. The van der Waals surface area contributed by atoms with Crippen LogP contribution >= 0.6 is 11.8 Å². The highest BCUT2D eigenvalue weighted by Gasteiger charge is 2.32. The van der Waals surface area contributed by atoms with Gasteiger partial charge in [-0.2, -0.15) is 0 Å². The van der Waals surface area contributed by atoms with E-state index in [9.17, 15) is 4.79 Å². The number of carbonyl (C=O) groups is 1. The van der Waals surface area contributed by atoms with Crippen LogP contribution in [0, 0.1) is 6.92 Å². The fraction of sp³-hybridized carbons (Fsp3) is 0.133. The number of ketones is 1. The van der Waals surface area contributed by atoms with Gasteiger partial charge in [-0.1, -0.05) is 42.0 Å². The molecule has 1 heterocycles. The van der Waals surface area contributed by atoms with E-state index in [1.807, 2.05) is 43.3 Å². The van der Waals surface area contributed by atoms with E-state index in [1.54, 1.807) is 11.8 Å². The Balaban J connectivity index is 2.02. The number of rotatable bonds is 1. The van der Waals surface area contributed by atoms with Crippen molar-refractivity contribution in [1.29, 1.82) is 0 Å². The minimum absolute atomic E-state index is 0.0620. The van der Waals surface area contributed by atoms with Gasteiger partial charge in [-0.25, -0.2) is 0 Å². The van der Waals surface area contributed by atoms with Crippen LogP contribution in [0.3, 0.4) is 0 Å². The molecule has 1 aliphatic heterocycles. The molecule has 0 bridgehead atoms. The van der Waals surface area contributed by atoms with Gasteiger partial charge in [-0.05, 0) is 24.6 Å². The first-order valence-electron chi connectivity index (χ1n) is 5.62. The third-order valence-corrected chi connectivity index (χ3v) is 4.32. The highest BCUT2D eigenvalue weighted by molar-refractivity contribution is 8.00. The third-order valence-electron chi connectivity index (χ3n) is 2.99. The van der Waals surface area contributed by atoms with Crippen LogP contribution < -0.4 is 0 Å². The fourth-order valence-corrected chi connectivity index (χ4v) is 3.32. The molecule has 0 radical (unpaired) electrons. The number of fused-ring (bicyclic) bond motifs is 1. The van der Waals surface area contributed by atoms with Crippen LogP contribution in [-0.4, -0.2) is 5.78 Å². The number of carbonyl (C=O) groups excluding carboxylic acids is 1. The van der Waals surface area contributed by atoms with Crippen molar-refractivity contribution < 1.29 is 4.79 Å². The monoisotopic (exact) mass is 240 g/mol. The Labute approximate surface area is 105 Å². The van der Waals surface area contributed by atoms with Crippen molar-refractivity contribution in [1.82, 2.24) is 0 Å². The van der Waals surface area contributed by atoms with E-state index in [4.69, 9.17) is 0 Å². The van der Waals surface area contributed by atoms with Gasteiger partial charge in [-0.15, -0.1) is 11.8 Å². The van der Waals surface area contributed by atoms with E-state index in [1.165, 1.54) is 0 Å². The fourth-order valence-electron chi connectivity index (χ4n) is 2.11. The molecule has 2 aromatic rings. The van der Waals surface area contributed by atoms with Crippen molar-refractivity contribution in [2.45, 2.75) is 17.1 Å². The molecule has 0 saturated heterocycles. The van der Waals surface area contributed by atoms with Crippen molar-refractivity contribution in [3.63, 3.8) is 0 Å². The molecule has 0 spiro atoms. The van der Waals surface area contributed by atoms with Crippen molar-refractivity contribution in [3.8, 4) is 0 Å². The molecule has 0 amide bonds. The summed E-state index contributed by atoms with van der Waals surface area (Å²) < 4.78 is 0. The van der Waals surface area contributed by atoms with Crippen LogP contribution in [0.4, 0.5) is 0 Å². The maximum atomic E-state index is 12.3. The van der Waals surface area contributed by atoms with Gasteiger partial charge in [0.15, 0.2) is 5.78 Å². The number of benzene rings is 2. The zero-order chi connectivity index (χ0) is 11.8. The Kier molecular flexibility index (Phi) is 2.52. The second-order valence-corrected chi connectivity index (χ2v) is 5.42. The summed E-state index contributed by atoms with van der Waals surface area (Å²) >= 11 is 1.66. The van der Waals surface area contributed by atoms with Gasteiger partial charge < -0.3 is 0 Å². The molecule has 1 atom stereocenters. The number of aryl methyl sites for hydroxylation is 1. The molecular formula is C15H12OS. The smallest absolute Gasteiger partial charge is 0.181 e. The summed E-state index contributed by atoms with van der Waals surface area (Å²) in [4.78, 5) is 13.4. The number of hydrogen-bond acceptors (Lipinski definition) is 2. The summed E-state index contributed by atoms with van der Waals surface area (Å²) in [7, 11) is 0. The SMILES string of the molecule is Cc1ccc2c(c1)C(=O)C(c1ccccc1)S2. The molecular weight excluding hydrogens is 228 g/mol. The standard InChI is InChI=1S/C15H12OS/c1-10-7-8-13-12(9-10)14(16)15(17-13)11-5-3-2-4-6-11/h2-9,15H,1H3. The van der Waals surface area contributed by atoms with Crippen LogP contribution in [0.1, 0.15) is 26.7 Å². The summed E-state index contributed by atoms with van der Waals surface area (Å²) in [6.07, 6.45) is 0. The first-order chi connectivity index (χ1) is 8.25. The zero-order valence-corrected chi connectivity index (χ0v) is 10.3. The molecule has 2 heteroatoms. The minimum atomic E-state index is -0.0620. The second kappa shape index (κ2) is 4.04. The Morgan fingerprint density at radius 1 is 1.06 bits per heavy atom. The predicted molar refractivity (Wildman–Crippen MR) is 70.5 cm³/mol. The molecule has 0 N–H and O–H groups in total. The topological polar surface area (TPSA) is 17.1 Å². The zero-order valence-electron chi connectivity index (χ0n) is 9.51. The van der Waals surface area contributed by atoms with Crippen LogP contribution in [0.5, 0.6) is 0 Å². The molecule has 0 aliphatic carbocycles. The summed E-state index contributed by atoms with van der Waals surface area (Å²) in [5.41, 5.74) is 3.12. The van der Waals surface area contributed by atoms with Crippen molar-refractivity contribution in [3.05, 3.63) is 65.2 Å². The predicted octanol–water partition coefficient (Wildman–Crippen LogP) is 4.02. The highest BCUT2D eigenvalue weighted by Crippen LogP contribution is 2.46. The Bertz CT molecular complexity index is 575. The molecule has 0 saturated carbocycles. The largest absolute Gasteiger partial charge is 0.292 e. The Hall–Kier alpha value is -1.54. The lowest BCUT2D eigenvalue weighted by Crippen LogP contribution is -2.03. The molecule has 84 valence electrons. The van der Waals surface area contributed by atoms with Crippen LogP contribution in [0.25, 0.3) is 0 Å². The van der Waals surface area contributed by atoms with Crippen LogP contribution in [0.15, 0.2) is 53.4 Å². The first-order valence-corrected chi connectivity index (χ1v) is 6.50. The lowest BCUT2D eigenvalue weighted by Gasteiger charge is -2.06. The summed E-state index contributed by atoms with van der Waals surface area (Å²) in [6, 6.07) is 16.1. The van der Waals surface area contributed by atoms with Gasteiger partial charge >= 0.3 is 0 Å². The normalized spacial score (nSPS) is 18.2. The van der Waals surface area contributed by atoms with Crippen molar-refractivity contribution in [2.24, 2.45) is 0 Å². The van der Waals surface area contributed by atoms with E-state index < -0.39 is 0 Å². The number of Topliss-reactive ketones (excluding diaryl/α,β-unsaturated/α-hetero) is 1. The van der Waals surface area contributed by atoms with E-state index >= 15 is 0 Å². The van der Waals surface area contributed by atoms with E-state index in [0.29, 0.717) is 0 Å². The Morgan fingerprint density at radius 2 is 1.82 bits per heavy atom. The van der Waals surface area contributed by atoms with Gasteiger partial charge in [0.2, 0.25) is 0 Å². The van der Waals surface area contributed by atoms with Crippen molar-refractivity contribution in [2.75, 3.05) is 0 Å². The minimum Gasteiger partial charge on any atom is -0.292 e. The van der Waals surface area contributed by atoms with Gasteiger partial charge in [0.05, 0.1) is 5.25 Å². The average Bonchev–Trinajstić information content (AvgIpc) is 2.68. The summed E-state index contributed by atoms with van der Waals surface area (Å²) in [5, 5.41) is -0.0620. The maximum absolute atomic E-state index is 12.3. The number of thioether (sulfide) groups is 1. The maximum Gasteiger partial charge on any atom is 0.181 e.